The summed E-state index contributed by atoms with van der Waals surface area (Å²) in [5.74, 6) is -0.594. The smallest absolute Gasteiger partial charge is 0.235 e. The van der Waals surface area contributed by atoms with E-state index in [4.69, 9.17) is 4.74 Å². The first-order valence-corrected chi connectivity index (χ1v) is 7.98. The maximum atomic E-state index is 13.0. The largest absolute Gasteiger partial charge is 0.377 e. The lowest BCUT2D eigenvalue weighted by molar-refractivity contribution is 0.127. The number of ether oxygens (including phenoxy) is 1. The average Bonchev–Trinajstić information content (AvgIpc) is 2.75. The van der Waals surface area contributed by atoms with Crippen molar-refractivity contribution >= 4 is 31.6 Å². The van der Waals surface area contributed by atoms with E-state index in [0.29, 0.717) is 11.1 Å². The van der Waals surface area contributed by atoms with Gasteiger partial charge in [-0.1, -0.05) is 0 Å². The van der Waals surface area contributed by atoms with Crippen LogP contribution in [0.4, 0.5) is 10.1 Å². The predicted octanol–water partition coefficient (Wildman–Crippen LogP) is 2.51. The molecule has 7 heteroatoms. The van der Waals surface area contributed by atoms with Crippen LogP contribution in [0.15, 0.2) is 22.7 Å². The monoisotopic (exact) mass is 337 g/mol. The minimum atomic E-state index is -3.53. The Kier molecular flexibility index (Phi) is 4.24. The Morgan fingerprint density at radius 2 is 2.28 bits per heavy atom. The lowest BCUT2D eigenvalue weighted by Crippen LogP contribution is -2.25. The molecule has 0 saturated carbocycles. The molecule has 1 saturated heterocycles. The SMILES string of the molecule is O=S(=O)(CC1CCCO1)Nc1cc(F)ccc1Br. The number of nitrogens with one attached hydrogen (secondary N) is 1. The van der Waals surface area contributed by atoms with E-state index in [1.165, 1.54) is 12.1 Å². The molecule has 4 nitrogen and oxygen atoms in total. The lowest BCUT2D eigenvalue weighted by Gasteiger charge is -2.13. The first-order valence-electron chi connectivity index (χ1n) is 5.53. The highest BCUT2D eigenvalue weighted by atomic mass is 79.9. The standard InChI is InChI=1S/C11H13BrFNO3S/c12-10-4-3-8(13)6-11(10)14-18(15,16)7-9-2-1-5-17-9/h3-4,6,9,14H,1-2,5,7H2. The highest BCUT2D eigenvalue weighted by Gasteiger charge is 2.23. The minimum Gasteiger partial charge on any atom is -0.377 e. The topological polar surface area (TPSA) is 55.4 Å². The second kappa shape index (κ2) is 5.54. The summed E-state index contributed by atoms with van der Waals surface area (Å²) in [6, 6.07) is 3.85. The summed E-state index contributed by atoms with van der Waals surface area (Å²) in [5.41, 5.74) is 0.202. The molecule has 1 aliphatic rings. The molecule has 1 heterocycles. The summed E-state index contributed by atoms with van der Waals surface area (Å²) in [6.07, 6.45) is 1.35. The Bertz CT molecular complexity index is 529. The molecule has 1 fully saturated rings. The van der Waals surface area contributed by atoms with Crippen molar-refractivity contribution in [2.24, 2.45) is 0 Å². The van der Waals surface area contributed by atoms with E-state index < -0.39 is 15.8 Å². The van der Waals surface area contributed by atoms with E-state index in [1.807, 2.05) is 0 Å². The lowest BCUT2D eigenvalue weighted by atomic mass is 10.3. The van der Waals surface area contributed by atoms with Gasteiger partial charge in [0.05, 0.1) is 17.5 Å². The molecule has 0 aliphatic carbocycles. The van der Waals surface area contributed by atoms with Crippen LogP contribution < -0.4 is 4.72 Å². The van der Waals surface area contributed by atoms with Crippen molar-refractivity contribution in [2.75, 3.05) is 17.1 Å². The molecule has 100 valence electrons. The van der Waals surface area contributed by atoms with Crippen LogP contribution in [0.5, 0.6) is 0 Å². The van der Waals surface area contributed by atoms with E-state index >= 15 is 0 Å². The van der Waals surface area contributed by atoms with Crippen LogP contribution in [0.1, 0.15) is 12.8 Å². The number of anilines is 1. The fourth-order valence-electron chi connectivity index (χ4n) is 1.81. The Labute approximate surface area is 114 Å². The van der Waals surface area contributed by atoms with Gasteiger partial charge in [-0.15, -0.1) is 0 Å². The van der Waals surface area contributed by atoms with Crippen LogP contribution in [0.2, 0.25) is 0 Å². The van der Waals surface area contributed by atoms with Gasteiger partial charge in [-0.2, -0.15) is 0 Å². The quantitative estimate of drug-likeness (QED) is 0.918. The molecule has 0 aromatic heterocycles. The maximum absolute atomic E-state index is 13.0. The molecule has 1 aliphatic heterocycles. The van der Waals surface area contributed by atoms with Crippen LogP contribution in [-0.2, 0) is 14.8 Å². The fraction of sp³-hybridized carbons (Fsp3) is 0.455. The van der Waals surface area contributed by atoms with Gasteiger partial charge in [0.25, 0.3) is 0 Å². The summed E-state index contributed by atoms with van der Waals surface area (Å²) in [4.78, 5) is 0. The Hall–Kier alpha value is -0.660. The van der Waals surface area contributed by atoms with Crippen LogP contribution in [-0.4, -0.2) is 26.9 Å². The van der Waals surface area contributed by atoms with Gasteiger partial charge in [0.15, 0.2) is 0 Å². The van der Waals surface area contributed by atoms with Crippen molar-refractivity contribution in [3.63, 3.8) is 0 Å². The highest BCUT2D eigenvalue weighted by Crippen LogP contribution is 2.25. The number of hydrogen-bond acceptors (Lipinski definition) is 3. The molecule has 1 aromatic carbocycles. The summed E-state index contributed by atoms with van der Waals surface area (Å²) in [5, 5.41) is 0. The average molecular weight is 338 g/mol. The van der Waals surface area contributed by atoms with Crippen molar-refractivity contribution in [3.8, 4) is 0 Å². The Morgan fingerprint density at radius 1 is 1.50 bits per heavy atom. The van der Waals surface area contributed by atoms with Crippen molar-refractivity contribution in [1.29, 1.82) is 0 Å². The van der Waals surface area contributed by atoms with Gasteiger partial charge in [0, 0.05) is 11.1 Å². The molecule has 0 bridgehead atoms. The van der Waals surface area contributed by atoms with Gasteiger partial charge >= 0.3 is 0 Å². The van der Waals surface area contributed by atoms with E-state index in [1.54, 1.807) is 0 Å². The van der Waals surface area contributed by atoms with Crippen molar-refractivity contribution in [2.45, 2.75) is 18.9 Å². The molecule has 18 heavy (non-hydrogen) atoms. The third kappa shape index (κ3) is 3.66. The normalized spacial score (nSPS) is 20.0. The molecular formula is C11H13BrFNO3S. The van der Waals surface area contributed by atoms with Gasteiger partial charge in [-0.05, 0) is 47.0 Å². The van der Waals surface area contributed by atoms with Crippen molar-refractivity contribution in [1.82, 2.24) is 0 Å². The van der Waals surface area contributed by atoms with Crippen LogP contribution in [0.25, 0.3) is 0 Å². The summed E-state index contributed by atoms with van der Waals surface area (Å²) in [7, 11) is -3.53. The van der Waals surface area contributed by atoms with Crippen molar-refractivity contribution in [3.05, 3.63) is 28.5 Å². The molecule has 1 aromatic rings. The van der Waals surface area contributed by atoms with Crippen LogP contribution >= 0.6 is 15.9 Å². The molecule has 0 spiro atoms. The van der Waals surface area contributed by atoms with E-state index in [9.17, 15) is 12.8 Å². The summed E-state index contributed by atoms with van der Waals surface area (Å²) >= 11 is 3.17. The zero-order valence-corrected chi connectivity index (χ0v) is 11.9. The molecule has 1 unspecified atom stereocenters. The minimum absolute atomic E-state index is 0.101. The summed E-state index contributed by atoms with van der Waals surface area (Å²) in [6.45, 7) is 0.601. The maximum Gasteiger partial charge on any atom is 0.235 e. The number of rotatable bonds is 4. The molecular weight excluding hydrogens is 325 g/mol. The van der Waals surface area contributed by atoms with Crippen LogP contribution in [0, 0.1) is 5.82 Å². The first kappa shape index (κ1) is 13.8. The third-order valence-corrected chi connectivity index (χ3v) is 4.66. The zero-order chi connectivity index (χ0) is 13.2. The molecule has 2 rings (SSSR count). The summed E-state index contributed by atoms with van der Waals surface area (Å²) < 4.78 is 45.0. The van der Waals surface area contributed by atoms with Gasteiger partial charge in [-0.25, -0.2) is 12.8 Å². The first-order chi connectivity index (χ1) is 8.46. The van der Waals surface area contributed by atoms with E-state index in [0.717, 1.165) is 18.9 Å². The Balaban J connectivity index is 2.09. The van der Waals surface area contributed by atoms with E-state index in [2.05, 4.69) is 20.7 Å². The number of halogens is 2. The number of benzene rings is 1. The van der Waals surface area contributed by atoms with E-state index in [-0.39, 0.29) is 17.5 Å². The predicted molar refractivity (Wildman–Crippen MR) is 70.5 cm³/mol. The highest BCUT2D eigenvalue weighted by molar-refractivity contribution is 9.10. The zero-order valence-electron chi connectivity index (χ0n) is 9.53. The van der Waals surface area contributed by atoms with Gasteiger partial charge < -0.3 is 4.74 Å². The van der Waals surface area contributed by atoms with Gasteiger partial charge in [0.1, 0.15) is 5.82 Å². The third-order valence-electron chi connectivity index (χ3n) is 2.62. The second-order valence-corrected chi connectivity index (χ2v) is 6.76. The Morgan fingerprint density at radius 3 is 2.94 bits per heavy atom. The fourth-order valence-corrected chi connectivity index (χ4v) is 3.62. The molecule has 0 amide bonds. The van der Waals surface area contributed by atoms with Gasteiger partial charge in [0.2, 0.25) is 10.0 Å². The number of hydrogen-bond donors (Lipinski definition) is 1. The molecule has 0 radical (unpaired) electrons. The van der Waals surface area contributed by atoms with Gasteiger partial charge in [-0.3, -0.25) is 4.72 Å². The number of sulfonamides is 1. The van der Waals surface area contributed by atoms with Crippen LogP contribution in [0.3, 0.4) is 0 Å². The molecule has 1 atom stereocenters. The van der Waals surface area contributed by atoms with Crippen molar-refractivity contribution < 1.29 is 17.5 Å². The molecule has 1 N–H and O–H groups in total. The second-order valence-electron chi connectivity index (χ2n) is 4.14.